The van der Waals surface area contributed by atoms with Crippen molar-refractivity contribution in [1.82, 2.24) is 9.97 Å². The molecule has 3 aromatic heterocycles. The molecule has 0 aliphatic carbocycles. The number of aromatic nitrogens is 2. The number of halogens is 4. The van der Waals surface area contributed by atoms with E-state index in [0.717, 1.165) is 11.3 Å². The predicted octanol–water partition coefficient (Wildman–Crippen LogP) is 4.51. The van der Waals surface area contributed by atoms with Crippen LogP contribution in [-0.4, -0.2) is 9.97 Å². The largest absolute Gasteiger partial charge is 0.426 e. The van der Waals surface area contributed by atoms with E-state index >= 15 is 0 Å². The van der Waals surface area contributed by atoms with Crippen molar-refractivity contribution in [2.45, 2.75) is 6.18 Å². The lowest BCUT2D eigenvalue weighted by Gasteiger charge is -2.06. The third-order valence-electron chi connectivity index (χ3n) is 2.41. The van der Waals surface area contributed by atoms with E-state index in [9.17, 15) is 17.6 Å². The maximum atomic E-state index is 13.0. The Hall–Kier alpha value is -1.41. The van der Waals surface area contributed by atoms with Gasteiger partial charge in [0.1, 0.15) is 4.88 Å². The minimum Gasteiger partial charge on any atom is -0.345 e. The molecule has 0 saturated carbocycles. The Labute approximate surface area is 106 Å². The van der Waals surface area contributed by atoms with Crippen molar-refractivity contribution in [3.63, 3.8) is 0 Å². The molecule has 3 aromatic rings. The molecule has 94 valence electrons. The van der Waals surface area contributed by atoms with Crippen LogP contribution in [0.25, 0.3) is 21.5 Å². The van der Waals surface area contributed by atoms with Crippen molar-refractivity contribution in [2.24, 2.45) is 0 Å². The van der Waals surface area contributed by atoms with Crippen LogP contribution in [0.15, 0.2) is 17.6 Å². The van der Waals surface area contributed by atoms with Crippen molar-refractivity contribution in [2.75, 3.05) is 0 Å². The third kappa shape index (κ3) is 1.72. The standard InChI is InChI=1S/C10H4F4N2S2/c11-9-16-8-6(18-9)5(3-15-8)4-1-2-17-7(4)10(12,13)14/h1-3,15H. The fourth-order valence-electron chi connectivity index (χ4n) is 1.72. The van der Waals surface area contributed by atoms with E-state index in [0.29, 0.717) is 21.6 Å². The van der Waals surface area contributed by atoms with Gasteiger partial charge in [-0.2, -0.15) is 22.5 Å². The van der Waals surface area contributed by atoms with E-state index in [1.807, 2.05) is 0 Å². The molecule has 0 unspecified atom stereocenters. The van der Waals surface area contributed by atoms with Crippen molar-refractivity contribution >= 4 is 33.0 Å². The highest BCUT2D eigenvalue weighted by molar-refractivity contribution is 7.17. The highest BCUT2D eigenvalue weighted by Gasteiger charge is 2.35. The molecule has 18 heavy (non-hydrogen) atoms. The highest BCUT2D eigenvalue weighted by Crippen LogP contribution is 2.43. The summed E-state index contributed by atoms with van der Waals surface area (Å²) in [5.74, 6) is 0. The molecule has 0 bridgehead atoms. The summed E-state index contributed by atoms with van der Waals surface area (Å²) in [7, 11) is 0. The summed E-state index contributed by atoms with van der Waals surface area (Å²) < 4.78 is 51.8. The van der Waals surface area contributed by atoms with Crippen LogP contribution < -0.4 is 0 Å². The lowest BCUT2D eigenvalue weighted by Crippen LogP contribution is -2.03. The van der Waals surface area contributed by atoms with Gasteiger partial charge in [0.05, 0.1) is 4.70 Å². The first-order valence-corrected chi connectivity index (χ1v) is 6.45. The number of thiazole rings is 1. The molecule has 0 aliphatic heterocycles. The molecular formula is C10H4F4N2S2. The summed E-state index contributed by atoms with van der Waals surface area (Å²) in [6, 6.07) is 1.38. The van der Waals surface area contributed by atoms with E-state index in [-0.39, 0.29) is 11.2 Å². The predicted molar refractivity (Wildman–Crippen MR) is 62.2 cm³/mol. The quantitative estimate of drug-likeness (QED) is 0.657. The number of rotatable bonds is 1. The molecular weight excluding hydrogens is 288 g/mol. The second-order valence-electron chi connectivity index (χ2n) is 3.51. The summed E-state index contributed by atoms with van der Waals surface area (Å²) in [5.41, 5.74) is 0.661. The summed E-state index contributed by atoms with van der Waals surface area (Å²) >= 11 is 1.35. The van der Waals surface area contributed by atoms with Gasteiger partial charge in [-0.15, -0.1) is 11.3 Å². The lowest BCUT2D eigenvalue weighted by molar-refractivity contribution is -0.133. The number of hydrogen-bond donors (Lipinski definition) is 1. The molecule has 0 aromatic carbocycles. The average molecular weight is 292 g/mol. The smallest absolute Gasteiger partial charge is 0.345 e. The molecule has 0 amide bonds. The van der Waals surface area contributed by atoms with Crippen LogP contribution in [0.1, 0.15) is 4.88 Å². The van der Waals surface area contributed by atoms with Gasteiger partial charge < -0.3 is 4.98 Å². The fourth-order valence-corrected chi connectivity index (χ4v) is 3.29. The number of aromatic amines is 1. The SMILES string of the molecule is Fc1nc2[nH]cc(-c3ccsc3C(F)(F)F)c2s1. The first-order chi connectivity index (χ1) is 8.47. The van der Waals surface area contributed by atoms with Crippen molar-refractivity contribution in [3.8, 4) is 11.1 Å². The zero-order chi connectivity index (χ0) is 12.9. The summed E-state index contributed by atoms with van der Waals surface area (Å²) in [6.07, 6.45) is -2.98. The normalized spacial score (nSPS) is 12.4. The average Bonchev–Trinajstić information content (AvgIpc) is 2.88. The van der Waals surface area contributed by atoms with E-state index in [4.69, 9.17) is 0 Å². The highest BCUT2D eigenvalue weighted by atomic mass is 32.1. The van der Waals surface area contributed by atoms with Gasteiger partial charge >= 0.3 is 6.18 Å². The number of nitrogens with zero attached hydrogens (tertiary/aromatic N) is 1. The minimum atomic E-state index is -4.41. The van der Waals surface area contributed by atoms with Crippen molar-refractivity contribution in [1.29, 1.82) is 0 Å². The van der Waals surface area contributed by atoms with E-state index in [1.165, 1.54) is 17.6 Å². The number of hydrogen-bond acceptors (Lipinski definition) is 3. The van der Waals surface area contributed by atoms with Crippen LogP contribution in [0.2, 0.25) is 0 Å². The monoisotopic (exact) mass is 292 g/mol. The van der Waals surface area contributed by atoms with E-state index in [2.05, 4.69) is 9.97 Å². The van der Waals surface area contributed by atoms with E-state index < -0.39 is 16.3 Å². The van der Waals surface area contributed by atoms with Gasteiger partial charge in [0.2, 0.25) is 0 Å². The first kappa shape index (κ1) is 11.7. The number of thiophene rings is 1. The lowest BCUT2D eigenvalue weighted by atomic mass is 10.1. The molecule has 3 rings (SSSR count). The Bertz CT molecular complexity index is 707. The molecule has 0 aliphatic rings. The number of nitrogens with one attached hydrogen (secondary N) is 1. The summed E-state index contributed by atoms with van der Waals surface area (Å²) in [4.78, 5) is 5.54. The Balaban J connectivity index is 2.23. The molecule has 0 radical (unpaired) electrons. The summed E-state index contributed by atoms with van der Waals surface area (Å²) in [5, 5.41) is 0.705. The van der Waals surface area contributed by atoms with Crippen LogP contribution in [0.4, 0.5) is 17.6 Å². The van der Waals surface area contributed by atoms with Crippen LogP contribution >= 0.6 is 22.7 Å². The van der Waals surface area contributed by atoms with Crippen molar-refractivity contribution in [3.05, 3.63) is 27.8 Å². The molecule has 2 nitrogen and oxygen atoms in total. The fraction of sp³-hybridized carbons (Fsp3) is 0.100. The van der Waals surface area contributed by atoms with Gasteiger partial charge in [0, 0.05) is 17.3 Å². The van der Waals surface area contributed by atoms with Gasteiger partial charge in [-0.1, -0.05) is 11.3 Å². The van der Waals surface area contributed by atoms with Gasteiger partial charge in [0.25, 0.3) is 5.26 Å². The molecule has 3 heterocycles. The topological polar surface area (TPSA) is 28.7 Å². The second-order valence-corrected chi connectivity index (χ2v) is 5.37. The zero-order valence-corrected chi connectivity index (χ0v) is 10.1. The van der Waals surface area contributed by atoms with Gasteiger partial charge in [-0.05, 0) is 11.4 Å². The Morgan fingerprint density at radius 2 is 2.00 bits per heavy atom. The van der Waals surface area contributed by atoms with Gasteiger partial charge in [-0.3, -0.25) is 0 Å². The third-order valence-corrected chi connectivity index (χ3v) is 4.25. The minimum absolute atomic E-state index is 0.0578. The van der Waals surface area contributed by atoms with Crippen LogP contribution in [0.3, 0.4) is 0 Å². The second kappa shape index (κ2) is 3.79. The maximum absolute atomic E-state index is 13.0. The molecule has 8 heteroatoms. The number of fused-ring (bicyclic) bond motifs is 1. The Morgan fingerprint density at radius 1 is 1.22 bits per heavy atom. The molecule has 0 fully saturated rings. The van der Waals surface area contributed by atoms with Crippen LogP contribution in [-0.2, 0) is 6.18 Å². The number of alkyl halides is 3. The van der Waals surface area contributed by atoms with Crippen LogP contribution in [0, 0.1) is 5.26 Å². The zero-order valence-electron chi connectivity index (χ0n) is 8.51. The van der Waals surface area contributed by atoms with Gasteiger partial charge in [-0.25, -0.2) is 0 Å². The molecule has 1 N–H and O–H groups in total. The molecule has 0 saturated heterocycles. The molecule has 0 spiro atoms. The Kier molecular flexibility index (Phi) is 2.46. The van der Waals surface area contributed by atoms with Gasteiger partial charge in [0.15, 0.2) is 5.65 Å². The van der Waals surface area contributed by atoms with E-state index in [1.54, 1.807) is 0 Å². The number of H-pyrrole nitrogens is 1. The first-order valence-electron chi connectivity index (χ1n) is 4.75. The molecule has 0 atom stereocenters. The maximum Gasteiger partial charge on any atom is 0.426 e. The van der Waals surface area contributed by atoms with Crippen molar-refractivity contribution < 1.29 is 17.6 Å². The summed E-state index contributed by atoms with van der Waals surface area (Å²) in [6.45, 7) is 0. The Morgan fingerprint density at radius 3 is 2.72 bits per heavy atom. The van der Waals surface area contributed by atoms with Crippen LogP contribution in [0.5, 0.6) is 0 Å².